The van der Waals surface area contributed by atoms with Crippen molar-refractivity contribution >= 4 is 46.1 Å². The van der Waals surface area contributed by atoms with Crippen LogP contribution in [0.25, 0.3) is 16.8 Å². The van der Waals surface area contributed by atoms with E-state index in [1.54, 1.807) is 12.3 Å². The zero-order valence-corrected chi connectivity index (χ0v) is 19.2. The fourth-order valence-corrected chi connectivity index (χ4v) is 4.00. The molecule has 1 fully saturated rings. The normalized spacial score (nSPS) is 18.9. The van der Waals surface area contributed by atoms with Crippen molar-refractivity contribution in [1.29, 1.82) is 0 Å². The molecular weight excluding hydrogens is 428 g/mol. The molecule has 0 saturated carbocycles. The molecule has 2 aromatic rings. The van der Waals surface area contributed by atoms with E-state index in [1.165, 1.54) is 12.0 Å². The van der Waals surface area contributed by atoms with E-state index >= 15 is 0 Å². The Morgan fingerprint density at radius 2 is 2.12 bits per heavy atom. The first-order chi connectivity index (χ1) is 15.2. The molecule has 8 nitrogen and oxygen atoms in total. The van der Waals surface area contributed by atoms with Gasteiger partial charge < -0.3 is 25.4 Å². The average molecular weight is 457 g/mol. The van der Waals surface area contributed by atoms with Crippen LogP contribution in [0.2, 0.25) is 0 Å². The number of nitrogens with zero attached hydrogens (tertiary/aromatic N) is 2. The lowest BCUT2D eigenvalue weighted by Gasteiger charge is -2.29. The van der Waals surface area contributed by atoms with Crippen molar-refractivity contribution in [2.24, 2.45) is 11.7 Å². The van der Waals surface area contributed by atoms with Gasteiger partial charge in [0, 0.05) is 18.0 Å². The van der Waals surface area contributed by atoms with E-state index in [0.717, 1.165) is 16.3 Å². The zero-order chi connectivity index (χ0) is 23.4. The van der Waals surface area contributed by atoms with Gasteiger partial charge in [0.05, 0.1) is 13.7 Å². The van der Waals surface area contributed by atoms with Crippen molar-refractivity contribution in [2.75, 3.05) is 13.7 Å². The van der Waals surface area contributed by atoms with Crippen LogP contribution in [0.4, 0.5) is 0 Å². The fourth-order valence-electron chi connectivity index (χ4n) is 3.87. The number of thiocarbonyl (C=S) groups is 1. The highest BCUT2D eigenvalue weighted by atomic mass is 32.1. The van der Waals surface area contributed by atoms with Crippen LogP contribution in [0.1, 0.15) is 25.8 Å². The number of nitrogens with one attached hydrogen (secondary N) is 1. The van der Waals surface area contributed by atoms with Gasteiger partial charge in [-0.3, -0.25) is 4.79 Å². The lowest BCUT2D eigenvalue weighted by Crippen LogP contribution is -2.55. The molecule has 1 aliphatic rings. The summed E-state index contributed by atoms with van der Waals surface area (Å²) in [5, 5.41) is 4.66. The number of likely N-dealkylation sites (tertiary alicyclic amines) is 1. The van der Waals surface area contributed by atoms with Crippen LogP contribution in [-0.4, -0.2) is 58.7 Å². The lowest BCUT2D eigenvalue weighted by atomic mass is 10.0. The predicted molar refractivity (Wildman–Crippen MR) is 127 cm³/mol. The number of rotatable bonds is 7. The molecule has 0 unspecified atom stereocenters. The van der Waals surface area contributed by atoms with Gasteiger partial charge in [0.15, 0.2) is 5.11 Å². The van der Waals surface area contributed by atoms with E-state index in [0.29, 0.717) is 5.88 Å². The summed E-state index contributed by atoms with van der Waals surface area (Å²) in [5.74, 6) is -0.439. The highest BCUT2D eigenvalue weighted by Crippen LogP contribution is 2.29. The molecule has 1 aliphatic heterocycles. The Bertz CT molecular complexity index is 1040. The van der Waals surface area contributed by atoms with E-state index < -0.39 is 24.2 Å². The molecule has 32 heavy (non-hydrogen) atoms. The number of aromatic nitrogens is 1. The summed E-state index contributed by atoms with van der Waals surface area (Å²) in [7, 11) is 1.30. The average Bonchev–Trinajstić information content (AvgIpc) is 3.20. The maximum absolute atomic E-state index is 13.3. The molecule has 1 aromatic heterocycles. The first-order valence-corrected chi connectivity index (χ1v) is 10.8. The molecule has 2 heterocycles. The van der Waals surface area contributed by atoms with Crippen LogP contribution in [0, 0.1) is 5.92 Å². The molecule has 3 N–H and O–H groups in total. The van der Waals surface area contributed by atoms with Gasteiger partial charge in [-0.15, -0.1) is 0 Å². The zero-order valence-electron chi connectivity index (χ0n) is 18.4. The van der Waals surface area contributed by atoms with Gasteiger partial charge in [0.1, 0.15) is 18.2 Å². The summed E-state index contributed by atoms with van der Waals surface area (Å²) < 4.78 is 11.1. The summed E-state index contributed by atoms with van der Waals surface area (Å²) in [5.41, 5.74) is 6.55. The number of fused-ring (bicyclic) bond motifs is 1. The fraction of sp³-hybridized carbons (Fsp3) is 0.391. The topological polar surface area (TPSA) is 107 Å². The second-order valence-corrected chi connectivity index (χ2v) is 8.48. The molecule has 0 spiro atoms. The molecule has 0 bridgehead atoms. The Morgan fingerprint density at radius 1 is 1.38 bits per heavy atom. The van der Waals surface area contributed by atoms with Crippen LogP contribution in [-0.2, 0) is 14.3 Å². The van der Waals surface area contributed by atoms with Gasteiger partial charge in [-0.25, -0.2) is 9.78 Å². The number of benzene rings is 1. The largest absolute Gasteiger partial charge is 0.472 e. The summed E-state index contributed by atoms with van der Waals surface area (Å²) in [4.78, 5) is 31.6. The summed E-state index contributed by atoms with van der Waals surface area (Å²) in [6, 6.07) is 6.34. The number of hydrogen-bond donors (Lipinski definition) is 2. The van der Waals surface area contributed by atoms with Gasteiger partial charge in [0.2, 0.25) is 11.8 Å². The second kappa shape index (κ2) is 9.95. The number of nitrogens with two attached hydrogens (primary N) is 1. The monoisotopic (exact) mass is 456 g/mol. The first-order valence-electron chi connectivity index (χ1n) is 10.4. The molecule has 1 amide bonds. The quantitative estimate of drug-likeness (QED) is 0.483. The summed E-state index contributed by atoms with van der Waals surface area (Å²) in [6.45, 7) is 7.77. The van der Waals surface area contributed by atoms with Gasteiger partial charge in [-0.2, -0.15) is 0 Å². The highest BCUT2D eigenvalue weighted by molar-refractivity contribution is 7.80. The van der Waals surface area contributed by atoms with Crippen molar-refractivity contribution in [3.63, 3.8) is 0 Å². The predicted octanol–water partition coefficient (Wildman–Crippen LogP) is 2.26. The van der Waals surface area contributed by atoms with Gasteiger partial charge in [-0.05, 0) is 41.2 Å². The standard InChI is InChI=1S/C23H28N4O4S/c1-5-14-6-7-15-8-9-25-20(17(15)10-14)31-16-11-18(22(29)30-4)27(12-16)21(28)19(13(2)3)26-23(24)32/h5-10,13,16,18-19H,1,11-12H2,2-4H3,(H3,24,26,32)/t16-,18+,19+/m1/s1. The maximum Gasteiger partial charge on any atom is 0.328 e. The minimum absolute atomic E-state index is 0.0247. The van der Waals surface area contributed by atoms with Crippen LogP contribution in [0.3, 0.4) is 0 Å². The van der Waals surface area contributed by atoms with Crippen LogP contribution < -0.4 is 15.8 Å². The Labute approximate surface area is 192 Å². The third-order valence-electron chi connectivity index (χ3n) is 5.52. The highest BCUT2D eigenvalue weighted by Gasteiger charge is 2.44. The molecule has 0 radical (unpaired) electrons. The Kier molecular flexibility index (Phi) is 7.29. The van der Waals surface area contributed by atoms with Crippen molar-refractivity contribution in [1.82, 2.24) is 15.2 Å². The Hall–Kier alpha value is -3.20. The molecule has 3 rings (SSSR count). The number of pyridine rings is 1. The van der Waals surface area contributed by atoms with E-state index in [2.05, 4.69) is 16.9 Å². The number of carbonyl (C=O) groups excluding carboxylic acids is 2. The third-order valence-corrected chi connectivity index (χ3v) is 5.64. The van der Waals surface area contributed by atoms with E-state index in [-0.39, 0.29) is 29.9 Å². The van der Waals surface area contributed by atoms with Crippen molar-refractivity contribution < 1.29 is 19.1 Å². The number of esters is 1. The SMILES string of the molecule is C=Cc1ccc2ccnc(O[C@@H]3C[C@@H](C(=O)OC)N(C(=O)[C@@H](NC(N)=S)C(C)C)C3)c2c1. The van der Waals surface area contributed by atoms with Crippen molar-refractivity contribution in [2.45, 2.75) is 38.5 Å². The molecule has 1 saturated heterocycles. The summed E-state index contributed by atoms with van der Waals surface area (Å²) in [6.07, 6.45) is 3.27. The smallest absolute Gasteiger partial charge is 0.328 e. The molecular formula is C23H28N4O4S. The van der Waals surface area contributed by atoms with Crippen molar-refractivity contribution in [3.8, 4) is 5.88 Å². The number of amides is 1. The van der Waals surface area contributed by atoms with Gasteiger partial charge in [0.25, 0.3) is 0 Å². The van der Waals surface area contributed by atoms with E-state index in [9.17, 15) is 9.59 Å². The van der Waals surface area contributed by atoms with Crippen LogP contribution in [0.15, 0.2) is 37.0 Å². The van der Waals surface area contributed by atoms with Crippen LogP contribution in [0.5, 0.6) is 5.88 Å². The number of ether oxygens (including phenoxy) is 2. The van der Waals surface area contributed by atoms with Gasteiger partial charge in [-0.1, -0.05) is 38.6 Å². The van der Waals surface area contributed by atoms with Crippen LogP contribution >= 0.6 is 12.2 Å². The summed E-state index contributed by atoms with van der Waals surface area (Å²) >= 11 is 4.93. The number of hydrogen-bond acceptors (Lipinski definition) is 6. The lowest BCUT2D eigenvalue weighted by molar-refractivity contribution is -0.151. The van der Waals surface area contributed by atoms with Crippen molar-refractivity contribution in [3.05, 3.63) is 42.6 Å². The maximum atomic E-state index is 13.3. The number of methoxy groups -OCH3 is 1. The molecule has 3 atom stereocenters. The minimum atomic E-state index is -0.773. The minimum Gasteiger partial charge on any atom is -0.472 e. The first kappa shape index (κ1) is 23.5. The molecule has 9 heteroatoms. The molecule has 170 valence electrons. The Balaban J connectivity index is 1.88. The van der Waals surface area contributed by atoms with E-state index in [4.69, 9.17) is 27.4 Å². The second-order valence-electron chi connectivity index (χ2n) is 8.04. The third kappa shape index (κ3) is 4.99. The number of carbonyl (C=O) groups is 2. The van der Waals surface area contributed by atoms with Gasteiger partial charge >= 0.3 is 5.97 Å². The van der Waals surface area contributed by atoms with E-state index in [1.807, 2.05) is 38.1 Å². The Morgan fingerprint density at radius 3 is 2.75 bits per heavy atom. The molecule has 0 aliphatic carbocycles. The molecule has 1 aromatic carbocycles.